The van der Waals surface area contributed by atoms with Gasteiger partial charge in [-0.3, -0.25) is 4.79 Å². The molecule has 1 unspecified atom stereocenters. The minimum Gasteiger partial charge on any atom is -0.469 e. The van der Waals surface area contributed by atoms with E-state index in [-0.39, 0.29) is 6.54 Å². The second-order valence-electron chi connectivity index (χ2n) is 8.53. The average molecular weight is 452 g/mol. The molecular formula is C22H23F3N2O3S. The fourth-order valence-corrected chi connectivity index (χ4v) is 4.49. The number of esters is 1. The number of nitrogens with zero attached hydrogens (tertiary/aromatic N) is 2. The number of thiophene rings is 1. The number of nitriles is 1. The monoisotopic (exact) mass is 452 g/mol. The van der Waals surface area contributed by atoms with Gasteiger partial charge in [0.2, 0.25) is 6.23 Å². The van der Waals surface area contributed by atoms with Gasteiger partial charge in [0.25, 0.3) is 0 Å². The Bertz CT molecular complexity index is 1040. The average Bonchev–Trinajstić information content (AvgIpc) is 3.17. The molecule has 31 heavy (non-hydrogen) atoms. The quantitative estimate of drug-likeness (QED) is 0.578. The van der Waals surface area contributed by atoms with E-state index in [4.69, 9.17) is 14.7 Å². The summed E-state index contributed by atoms with van der Waals surface area (Å²) in [4.78, 5) is 14.6. The molecule has 0 saturated heterocycles. The first kappa shape index (κ1) is 23.1. The zero-order valence-corrected chi connectivity index (χ0v) is 18.6. The first-order valence-electron chi connectivity index (χ1n) is 9.54. The van der Waals surface area contributed by atoms with Crippen molar-refractivity contribution in [1.29, 1.82) is 5.26 Å². The Balaban J connectivity index is 2.13. The van der Waals surface area contributed by atoms with Gasteiger partial charge in [0, 0.05) is 22.7 Å². The zero-order valence-electron chi connectivity index (χ0n) is 17.8. The minimum atomic E-state index is -4.67. The highest BCUT2D eigenvalue weighted by atomic mass is 32.1. The second kappa shape index (κ2) is 7.84. The van der Waals surface area contributed by atoms with E-state index in [2.05, 4.69) is 6.07 Å². The summed E-state index contributed by atoms with van der Waals surface area (Å²) in [6.45, 7) is 6.01. The van der Waals surface area contributed by atoms with Crippen molar-refractivity contribution in [2.24, 2.45) is 5.41 Å². The van der Waals surface area contributed by atoms with E-state index in [0.717, 1.165) is 15.3 Å². The summed E-state index contributed by atoms with van der Waals surface area (Å²) in [5.74, 6) is -0.612. The van der Waals surface area contributed by atoms with Crippen LogP contribution in [0.3, 0.4) is 0 Å². The van der Waals surface area contributed by atoms with Crippen LogP contribution in [0.4, 0.5) is 18.9 Å². The van der Waals surface area contributed by atoms with Crippen LogP contribution in [0, 0.1) is 16.7 Å². The molecule has 0 spiro atoms. The molecule has 1 aliphatic rings. The maximum atomic E-state index is 14.0. The van der Waals surface area contributed by atoms with Gasteiger partial charge in [-0.15, -0.1) is 11.3 Å². The van der Waals surface area contributed by atoms with Crippen molar-refractivity contribution in [3.05, 3.63) is 40.8 Å². The van der Waals surface area contributed by atoms with Crippen molar-refractivity contribution in [1.82, 2.24) is 0 Å². The molecular weight excluding hydrogens is 429 g/mol. The molecule has 5 nitrogen and oxygen atoms in total. The lowest BCUT2D eigenvalue weighted by Crippen LogP contribution is -2.57. The normalized spacial score (nSPS) is 18.3. The zero-order chi connectivity index (χ0) is 23.2. The molecule has 3 rings (SSSR count). The van der Waals surface area contributed by atoms with E-state index < -0.39 is 29.4 Å². The number of methoxy groups -OCH3 is 1. The number of ether oxygens (including phenoxy) is 2. The molecule has 2 aromatic rings. The van der Waals surface area contributed by atoms with Crippen LogP contribution in [-0.2, 0) is 19.9 Å². The van der Waals surface area contributed by atoms with Gasteiger partial charge in [0.05, 0.1) is 18.1 Å². The summed E-state index contributed by atoms with van der Waals surface area (Å²) in [5, 5.41) is 9.08. The van der Waals surface area contributed by atoms with Crippen molar-refractivity contribution in [3.8, 4) is 16.5 Å². The van der Waals surface area contributed by atoms with Crippen LogP contribution in [0.25, 0.3) is 10.4 Å². The summed E-state index contributed by atoms with van der Waals surface area (Å²) < 4.78 is 52.2. The van der Waals surface area contributed by atoms with Gasteiger partial charge in [-0.1, -0.05) is 6.07 Å². The summed E-state index contributed by atoms with van der Waals surface area (Å²) in [5.41, 5.74) is -0.740. The highest BCUT2D eigenvalue weighted by Gasteiger charge is 2.53. The van der Waals surface area contributed by atoms with Crippen molar-refractivity contribution in [3.63, 3.8) is 0 Å². The number of carbonyl (C=O) groups excluding carboxylic acids is 1. The van der Waals surface area contributed by atoms with Crippen LogP contribution in [0.1, 0.15) is 38.1 Å². The predicted molar refractivity (Wildman–Crippen MR) is 112 cm³/mol. The van der Waals surface area contributed by atoms with Crippen molar-refractivity contribution >= 4 is 23.0 Å². The van der Waals surface area contributed by atoms with E-state index in [9.17, 15) is 18.0 Å². The number of benzene rings is 1. The molecule has 0 aliphatic carbocycles. The molecule has 166 valence electrons. The number of halogens is 3. The maximum absolute atomic E-state index is 14.0. The number of alkyl halides is 3. The van der Waals surface area contributed by atoms with Gasteiger partial charge in [-0.05, 0) is 57.5 Å². The lowest BCUT2D eigenvalue weighted by Gasteiger charge is -2.48. The summed E-state index contributed by atoms with van der Waals surface area (Å²) in [7, 11) is 1.21. The topological polar surface area (TPSA) is 62.6 Å². The number of rotatable bonds is 4. The second-order valence-corrected chi connectivity index (χ2v) is 9.62. The minimum absolute atomic E-state index is 0.246. The Morgan fingerprint density at radius 3 is 2.52 bits per heavy atom. The molecule has 1 aromatic carbocycles. The van der Waals surface area contributed by atoms with Crippen LogP contribution in [0.2, 0.25) is 0 Å². The smallest absolute Gasteiger partial charge is 0.433 e. The van der Waals surface area contributed by atoms with Crippen LogP contribution in [0.15, 0.2) is 30.3 Å². The predicted octanol–water partition coefficient (Wildman–Crippen LogP) is 5.45. The SMILES string of the molecule is COC(=O)C(C)(C)CN1c2ccc(-c3ccc(C#N)s3)cc2C(C)(C)OC1C(F)(F)F. The standard InChI is InChI=1S/C22H23F3N2O3S/c1-20(2,19(28)29-5)12-27-16-8-6-13(17-9-7-14(11-26)31-17)10-15(16)21(3,4)30-18(27)22(23,24)25/h6-10,18H,12H2,1-5H3. The summed E-state index contributed by atoms with van der Waals surface area (Å²) in [6.07, 6.45) is -6.88. The lowest BCUT2D eigenvalue weighted by molar-refractivity contribution is -0.255. The molecule has 2 heterocycles. The molecule has 1 aliphatic heterocycles. The third-order valence-corrected chi connectivity index (χ3v) is 6.27. The molecule has 1 aromatic heterocycles. The van der Waals surface area contributed by atoms with Crippen molar-refractivity contribution in [2.75, 3.05) is 18.6 Å². The fraction of sp³-hybridized carbons (Fsp3) is 0.455. The van der Waals surface area contributed by atoms with Crippen molar-refractivity contribution < 1.29 is 27.4 Å². The van der Waals surface area contributed by atoms with Gasteiger partial charge in [-0.25, -0.2) is 0 Å². The van der Waals surface area contributed by atoms with E-state index >= 15 is 0 Å². The first-order chi connectivity index (χ1) is 14.3. The highest BCUT2D eigenvalue weighted by molar-refractivity contribution is 7.16. The van der Waals surface area contributed by atoms with E-state index in [1.54, 1.807) is 44.2 Å². The van der Waals surface area contributed by atoms with Crippen LogP contribution in [-0.4, -0.2) is 32.0 Å². The van der Waals surface area contributed by atoms with E-state index in [0.29, 0.717) is 16.1 Å². The Morgan fingerprint density at radius 1 is 1.29 bits per heavy atom. The Kier molecular flexibility index (Phi) is 5.84. The largest absolute Gasteiger partial charge is 0.469 e. The van der Waals surface area contributed by atoms with Crippen molar-refractivity contribution in [2.45, 2.75) is 45.7 Å². The lowest BCUT2D eigenvalue weighted by atomic mass is 9.88. The van der Waals surface area contributed by atoms with E-state index in [1.807, 2.05) is 0 Å². The number of carbonyl (C=O) groups is 1. The molecule has 1 atom stereocenters. The molecule has 0 N–H and O–H groups in total. The summed E-state index contributed by atoms with van der Waals surface area (Å²) in [6, 6.07) is 10.7. The van der Waals surface area contributed by atoms with Crippen LogP contribution in [0.5, 0.6) is 0 Å². The Morgan fingerprint density at radius 2 is 1.97 bits per heavy atom. The van der Waals surface area contributed by atoms with E-state index in [1.165, 1.54) is 32.3 Å². The van der Waals surface area contributed by atoms with Gasteiger partial charge in [0.15, 0.2) is 0 Å². The Hall–Kier alpha value is -2.57. The maximum Gasteiger partial charge on any atom is 0.433 e. The third kappa shape index (κ3) is 4.41. The number of fused-ring (bicyclic) bond motifs is 1. The number of anilines is 1. The van der Waals surface area contributed by atoms with Gasteiger partial charge in [-0.2, -0.15) is 18.4 Å². The van der Waals surface area contributed by atoms with Gasteiger partial charge in [0.1, 0.15) is 10.9 Å². The third-order valence-electron chi connectivity index (χ3n) is 5.23. The molecule has 0 fully saturated rings. The fourth-order valence-electron chi connectivity index (χ4n) is 3.69. The summed E-state index contributed by atoms with van der Waals surface area (Å²) >= 11 is 1.30. The molecule has 0 radical (unpaired) electrons. The van der Waals surface area contributed by atoms with Crippen LogP contribution < -0.4 is 4.90 Å². The molecule has 0 amide bonds. The van der Waals surface area contributed by atoms with Gasteiger partial charge >= 0.3 is 12.1 Å². The Labute approximate surface area is 183 Å². The molecule has 9 heteroatoms. The highest BCUT2D eigenvalue weighted by Crippen LogP contribution is 2.47. The molecule has 0 bridgehead atoms. The van der Waals surface area contributed by atoms with Gasteiger partial charge < -0.3 is 14.4 Å². The number of hydrogen-bond acceptors (Lipinski definition) is 6. The molecule has 0 saturated carbocycles. The first-order valence-corrected chi connectivity index (χ1v) is 10.4. The van der Waals surface area contributed by atoms with Crippen LogP contribution >= 0.6 is 11.3 Å². The number of hydrogen-bond donors (Lipinski definition) is 0.